The zero-order valence-electron chi connectivity index (χ0n) is 9.50. The lowest BCUT2D eigenvalue weighted by atomic mass is 10.2. The maximum absolute atomic E-state index is 11.2. The Bertz CT molecular complexity index is 590. The average Bonchev–Trinajstić information content (AvgIpc) is 2.99. The summed E-state index contributed by atoms with van der Waals surface area (Å²) < 4.78 is 1.78. The molecule has 2 aromatic rings. The number of benzene rings is 1. The molecule has 0 spiro atoms. The summed E-state index contributed by atoms with van der Waals surface area (Å²) in [5, 5.41) is 17.3. The van der Waals surface area contributed by atoms with Gasteiger partial charge in [-0.3, -0.25) is 0 Å². The molecule has 1 fully saturated rings. The van der Waals surface area contributed by atoms with Crippen LogP contribution in [-0.2, 0) is 0 Å². The fraction of sp³-hybridized carbons (Fsp3) is 0.417. The first-order valence-corrected chi connectivity index (χ1v) is 5.79. The van der Waals surface area contributed by atoms with E-state index >= 15 is 0 Å². The third kappa shape index (κ3) is 1.50. The second-order valence-electron chi connectivity index (χ2n) is 4.48. The second kappa shape index (κ2) is 3.55. The molecule has 17 heavy (non-hydrogen) atoms. The van der Waals surface area contributed by atoms with Crippen molar-refractivity contribution in [3.63, 3.8) is 0 Å². The highest BCUT2D eigenvalue weighted by molar-refractivity contribution is 6.00. The summed E-state index contributed by atoms with van der Waals surface area (Å²) in [4.78, 5) is 11.2. The predicted molar refractivity (Wildman–Crippen MR) is 61.9 cm³/mol. The van der Waals surface area contributed by atoms with Crippen LogP contribution in [0.4, 0.5) is 0 Å². The molecule has 1 aromatic carbocycles. The molecule has 1 aliphatic rings. The van der Waals surface area contributed by atoms with E-state index in [1.807, 2.05) is 0 Å². The SMILES string of the molecule is CCC1CC1n1nnc2cccc(C(=O)O)c21. The summed E-state index contributed by atoms with van der Waals surface area (Å²) in [6.07, 6.45) is 2.17. The van der Waals surface area contributed by atoms with E-state index in [0.717, 1.165) is 12.8 Å². The zero-order chi connectivity index (χ0) is 12.0. The molecule has 1 heterocycles. The van der Waals surface area contributed by atoms with Gasteiger partial charge in [-0.15, -0.1) is 5.10 Å². The van der Waals surface area contributed by atoms with E-state index in [9.17, 15) is 9.90 Å². The van der Waals surface area contributed by atoms with Crippen LogP contribution in [0.2, 0.25) is 0 Å². The molecule has 0 aliphatic heterocycles. The molecule has 2 atom stereocenters. The molecule has 3 rings (SSSR count). The lowest BCUT2D eigenvalue weighted by molar-refractivity contribution is 0.0698. The van der Waals surface area contributed by atoms with E-state index in [2.05, 4.69) is 17.2 Å². The monoisotopic (exact) mass is 231 g/mol. The Labute approximate surface area is 98.0 Å². The van der Waals surface area contributed by atoms with E-state index in [4.69, 9.17) is 0 Å². The van der Waals surface area contributed by atoms with Crippen molar-refractivity contribution >= 4 is 17.0 Å². The Morgan fingerprint density at radius 3 is 3.06 bits per heavy atom. The molecule has 0 bridgehead atoms. The summed E-state index contributed by atoms with van der Waals surface area (Å²) in [5.74, 6) is -0.311. The number of fused-ring (bicyclic) bond motifs is 1. The van der Waals surface area contributed by atoms with Gasteiger partial charge in [0, 0.05) is 0 Å². The van der Waals surface area contributed by atoms with Gasteiger partial charge in [0.05, 0.1) is 11.6 Å². The van der Waals surface area contributed by atoms with Gasteiger partial charge in [0.15, 0.2) is 0 Å². The summed E-state index contributed by atoms with van der Waals surface area (Å²) in [6, 6.07) is 5.43. The molecule has 1 saturated carbocycles. The Kier molecular flexibility index (Phi) is 2.14. The minimum Gasteiger partial charge on any atom is -0.478 e. The number of carboxylic acids is 1. The van der Waals surface area contributed by atoms with Gasteiger partial charge in [-0.25, -0.2) is 9.48 Å². The molecular formula is C12H13N3O2. The van der Waals surface area contributed by atoms with Gasteiger partial charge in [-0.2, -0.15) is 0 Å². The normalized spacial score (nSPS) is 22.9. The van der Waals surface area contributed by atoms with Crippen LogP contribution in [0.15, 0.2) is 18.2 Å². The number of hydrogen-bond acceptors (Lipinski definition) is 3. The number of carboxylic acid groups (broad SMARTS) is 1. The highest BCUT2D eigenvalue weighted by Crippen LogP contribution is 2.46. The van der Waals surface area contributed by atoms with Crippen LogP contribution in [0.25, 0.3) is 11.0 Å². The number of carbonyl (C=O) groups is 1. The van der Waals surface area contributed by atoms with Crippen LogP contribution >= 0.6 is 0 Å². The molecule has 0 amide bonds. The van der Waals surface area contributed by atoms with Gasteiger partial charge in [0.1, 0.15) is 11.0 Å². The molecule has 2 unspecified atom stereocenters. The van der Waals surface area contributed by atoms with E-state index in [-0.39, 0.29) is 5.56 Å². The van der Waals surface area contributed by atoms with Crippen molar-refractivity contribution in [2.45, 2.75) is 25.8 Å². The molecule has 1 aliphatic carbocycles. The van der Waals surface area contributed by atoms with Crippen molar-refractivity contribution in [1.82, 2.24) is 15.0 Å². The van der Waals surface area contributed by atoms with Crippen molar-refractivity contribution < 1.29 is 9.90 Å². The Morgan fingerprint density at radius 1 is 1.59 bits per heavy atom. The Hall–Kier alpha value is -1.91. The van der Waals surface area contributed by atoms with Crippen molar-refractivity contribution in [3.05, 3.63) is 23.8 Å². The fourth-order valence-corrected chi connectivity index (χ4v) is 2.37. The van der Waals surface area contributed by atoms with Gasteiger partial charge < -0.3 is 5.11 Å². The molecule has 88 valence electrons. The molecule has 1 aromatic heterocycles. The van der Waals surface area contributed by atoms with E-state index < -0.39 is 5.97 Å². The lowest BCUT2D eigenvalue weighted by Gasteiger charge is -2.03. The zero-order valence-corrected chi connectivity index (χ0v) is 9.50. The van der Waals surface area contributed by atoms with Crippen LogP contribution in [0.3, 0.4) is 0 Å². The first-order chi connectivity index (χ1) is 8.22. The fourth-order valence-electron chi connectivity index (χ4n) is 2.37. The van der Waals surface area contributed by atoms with Gasteiger partial charge in [-0.1, -0.05) is 24.6 Å². The smallest absolute Gasteiger partial charge is 0.337 e. The quantitative estimate of drug-likeness (QED) is 0.878. The van der Waals surface area contributed by atoms with Crippen LogP contribution in [-0.4, -0.2) is 26.1 Å². The topological polar surface area (TPSA) is 68.0 Å². The average molecular weight is 231 g/mol. The summed E-state index contributed by atoms with van der Waals surface area (Å²) >= 11 is 0. The molecule has 0 radical (unpaired) electrons. The minimum absolute atomic E-state index is 0.286. The Balaban J connectivity index is 2.16. The summed E-state index contributed by atoms with van der Waals surface area (Å²) in [5.41, 5.74) is 1.60. The van der Waals surface area contributed by atoms with Gasteiger partial charge in [-0.05, 0) is 24.5 Å². The van der Waals surface area contributed by atoms with Crippen molar-refractivity contribution in [3.8, 4) is 0 Å². The molecule has 5 nitrogen and oxygen atoms in total. The number of rotatable bonds is 3. The molecular weight excluding hydrogens is 218 g/mol. The lowest BCUT2D eigenvalue weighted by Crippen LogP contribution is -2.04. The molecule has 0 saturated heterocycles. The van der Waals surface area contributed by atoms with E-state index in [1.165, 1.54) is 0 Å². The second-order valence-corrected chi connectivity index (χ2v) is 4.48. The van der Waals surface area contributed by atoms with Gasteiger partial charge in [0.2, 0.25) is 0 Å². The first kappa shape index (κ1) is 10.3. The third-order valence-corrected chi connectivity index (χ3v) is 3.45. The Morgan fingerprint density at radius 2 is 2.41 bits per heavy atom. The minimum atomic E-state index is -0.923. The van der Waals surface area contributed by atoms with Gasteiger partial charge >= 0.3 is 5.97 Å². The van der Waals surface area contributed by atoms with Crippen LogP contribution in [0.5, 0.6) is 0 Å². The number of hydrogen-bond donors (Lipinski definition) is 1. The number of para-hydroxylation sites is 1. The maximum atomic E-state index is 11.2. The highest BCUT2D eigenvalue weighted by atomic mass is 16.4. The van der Waals surface area contributed by atoms with E-state index in [1.54, 1.807) is 22.9 Å². The number of nitrogens with zero attached hydrogens (tertiary/aromatic N) is 3. The molecule has 1 N–H and O–H groups in total. The number of aromatic nitrogens is 3. The van der Waals surface area contributed by atoms with Crippen molar-refractivity contribution in [1.29, 1.82) is 0 Å². The third-order valence-electron chi connectivity index (χ3n) is 3.45. The molecule has 5 heteroatoms. The van der Waals surface area contributed by atoms with Crippen molar-refractivity contribution in [2.24, 2.45) is 5.92 Å². The van der Waals surface area contributed by atoms with Crippen molar-refractivity contribution in [2.75, 3.05) is 0 Å². The predicted octanol–water partition coefficient (Wildman–Crippen LogP) is 2.10. The van der Waals surface area contributed by atoms with Crippen LogP contribution in [0, 0.1) is 5.92 Å². The van der Waals surface area contributed by atoms with Crippen LogP contribution < -0.4 is 0 Å². The summed E-state index contributed by atoms with van der Waals surface area (Å²) in [6.45, 7) is 2.14. The standard InChI is InChI=1S/C12H13N3O2/c1-2-7-6-10(7)15-11-8(12(16)17)4-3-5-9(11)13-14-15/h3-5,7,10H,2,6H2,1H3,(H,16,17). The van der Waals surface area contributed by atoms with Crippen LogP contribution in [0.1, 0.15) is 36.2 Å². The maximum Gasteiger partial charge on any atom is 0.337 e. The highest BCUT2D eigenvalue weighted by Gasteiger charge is 2.39. The largest absolute Gasteiger partial charge is 0.478 e. The van der Waals surface area contributed by atoms with Gasteiger partial charge in [0.25, 0.3) is 0 Å². The number of aromatic carboxylic acids is 1. The first-order valence-electron chi connectivity index (χ1n) is 5.79. The van der Waals surface area contributed by atoms with E-state index in [0.29, 0.717) is 23.0 Å². The summed E-state index contributed by atoms with van der Waals surface area (Å²) in [7, 11) is 0.